The number of methoxy groups -OCH3 is 2. The van der Waals surface area contributed by atoms with Gasteiger partial charge in [0.2, 0.25) is 0 Å². The topological polar surface area (TPSA) is 52.6 Å². The van der Waals surface area contributed by atoms with Crippen LogP contribution in [-0.4, -0.2) is 32.4 Å². The minimum Gasteiger partial charge on any atom is -0.497 e. The lowest BCUT2D eigenvalue weighted by Crippen LogP contribution is -2.06. The fourth-order valence-electron chi connectivity index (χ4n) is 1.66. The van der Waals surface area contributed by atoms with Crippen LogP contribution in [0.4, 0.5) is 0 Å². The Labute approximate surface area is 130 Å². The summed E-state index contributed by atoms with van der Waals surface area (Å²) >= 11 is 0. The van der Waals surface area contributed by atoms with E-state index in [9.17, 15) is 9.59 Å². The maximum absolute atomic E-state index is 11.1. The number of ketones is 2. The second-order valence-electron chi connectivity index (χ2n) is 4.51. The standard InChI is InChI=1S/2C9H10O2/c1-7(10)8-3-5-9(11-2)6-4-8;1-11-7-9(10)8-5-3-2-4-6-8/h3-6H,1-2H3;2-6H,7H2,1H3. The second-order valence-corrected chi connectivity index (χ2v) is 4.51. The molecule has 0 saturated heterocycles. The van der Waals surface area contributed by atoms with Crippen molar-refractivity contribution in [2.45, 2.75) is 6.92 Å². The average molecular weight is 300 g/mol. The molecule has 0 unspecified atom stereocenters. The molecule has 0 aliphatic rings. The minimum absolute atomic E-state index is 0.0214. The summed E-state index contributed by atoms with van der Waals surface area (Å²) in [7, 11) is 3.11. The molecule has 0 atom stereocenters. The van der Waals surface area contributed by atoms with Gasteiger partial charge in [0.05, 0.1) is 7.11 Å². The quantitative estimate of drug-likeness (QED) is 0.794. The number of carbonyl (C=O) groups excluding carboxylic acids is 2. The van der Waals surface area contributed by atoms with Crippen LogP contribution in [0.5, 0.6) is 5.75 Å². The van der Waals surface area contributed by atoms with Gasteiger partial charge in [-0.25, -0.2) is 0 Å². The van der Waals surface area contributed by atoms with Crippen molar-refractivity contribution in [1.82, 2.24) is 0 Å². The van der Waals surface area contributed by atoms with Crippen LogP contribution >= 0.6 is 0 Å². The van der Waals surface area contributed by atoms with Crippen molar-refractivity contribution < 1.29 is 19.1 Å². The summed E-state index contributed by atoms with van der Waals surface area (Å²) in [4.78, 5) is 21.9. The Morgan fingerprint density at radius 3 is 1.91 bits per heavy atom. The number of hydrogen-bond donors (Lipinski definition) is 0. The van der Waals surface area contributed by atoms with E-state index in [2.05, 4.69) is 0 Å². The minimum atomic E-state index is 0.0214. The van der Waals surface area contributed by atoms with E-state index in [0.29, 0.717) is 11.1 Å². The Morgan fingerprint density at radius 1 is 0.864 bits per heavy atom. The molecule has 0 spiro atoms. The molecule has 0 amide bonds. The molecule has 0 bridgehead atoms. The fraction of sp³-hybridized carbons (Fsp3) is 0.222. The first-order valence-corrected chi connectivity index (χ1v) is 6.80. The largest absolute Gasteiger partial charge is 0.497 e. The van der Waals surface area contributed by atoms with E-state index in [1.54, 1.807) is 50.4 Å². The lowest BCUT2D eigenvalue weighted by molar-refractivity contribution is 0.0848. The SMILES string of the molecule is COCC(=O)c1ccccc1.COc1ccc(C(C)=O)cc1. The number of Topliss-reactive ketones (excluding diaryl/α,β-unsaturated/α-hetero) is 2. The molecule has 0 heterocycles. The molecule has 2 rings (SSSR count). The Kier molecular flexibility index (Phi) is 7.57. The Balaban J connectivity index is 0.000000220. The monoisotopic (exact) mass is 300 g/mol. The smallest absolute Gasteiger partial charge is 0.188 e. The van der Waals surface area contributed by atoms with Crippen molar-refractivity contribution >= 4 is 11.6 Å². The van der Waals surface area contributed by atoms with Crippen LogP contribution in [0.2, 0.25) is 0 Å². The third-order valence-corrected chi connectivity index (χ3v) is 2.87. The highest BCUT2D eigenvalue weighted by Crippen LogP contribution is 2.11. The summed E-state index contributed by atoms with van der Waals surface area (Å²) in [6, 6.07) is 16.2. The third-order valence-electron chi connectivity index (χ3n) is 2.87. The molecule has 2 aromatic carbocycles. The molecule has 0 aromatic heterocycles. The average Bonchev–Trinajstić information content (AvgIpc) is 2.56. The zero-order valence-corrected chi connectivity index (χ0v) is 13.0. The summed E-state index contributed by atoms with van der Waals surface area (Å²) < 4.78 is 9.65. The van der Waals surface area contributed by atoms with Gasteiger partial charge in [-0.05, 0) is 31.2 Å². The number of carbonyl (C=O) groups is 2. The summed E-state index contributed by atoms with van der Waals surface area (Å²) in [5, 5.41) is 0. The zero-order chi connectivity index (χ0) is 16.4. The van der Waals surface area contributed by atoms with Crippen LogP contribution < -0.4 is 4.74 Å². The first-order valence-electron chi connectivity index (χ1n) is 6.80. The van der Waals surface area contributed by atoms with E-state index < -0.39 is 0 Å². The molecule has 0 N–H and O–H groups in total. The number of hydrogen-bond acceptors (Lipinski definition) is 4. The second kappa shape index (κ2) is 9.47. The van der Waals surface area contributed by atoms with Gasteiger partial charge in [-0.15, -0.1) is 0 Å². The predicted octanol–water partition coefficient (Wildman–Crippen LogP) is 3.41. The lowest BCUT2D eigenvalue weighted by Gasteiger charge is -1.98. The maximum atomic E-state index is 11.1. The van der Waals surface area contributed by atoms with Gasteiger partial charge in [-0.1, -0.05) is 30.3 Å². The summed E-state index contributed by atoms with van der Waals surface area (Å²) in [5.74, 6) is 0.871. The van der Waals surface area contributed by atoms with Crippen LogP contribution in [0, 0.1) is 0 Å². The highest BCUT2D eigenvalue weighted by molar-refractivity contribution is 5.97. The van der Waals surface area contributed by atoms with Gasteiger partial charge in [-0.3, -0.25) is 9.59 Å². The predicted molar refractivity (Wildman–Crippen MR) is 85.6 cm³/mol. The van der Waals surface area contributed by atoms with E-state index in [4.69, 9.17) is 9.47 Å². The third kappa shape index (κ3) is 5.89. The lowest BCUT2D eigenvalue weighted by atomic mass is 10.1. The number of ether oxygens (including phenoxy) is 2. The zero-order valence-electron chi connectivity index (χ0n) is 13.0. The highest BCUT2D eigenvalue weighted by atomic mass is 16.5. The number of rotatable bonds is 5. The Morgan fingerprint density at radius 2 is 1.45 bits per heavy atom. The van der Waals surface area contributed by atoms with E-state index >= 15 is 0 Å². The van der Waals surface area contributed by atoms with Crippen molar-refractivity contribution in [2.24, 2.45) is 0 Å². The molecular formula is C18H20O4. The van der Waals surface area contributed by atoms with Gasteiger partial charge in [0.25, 0.3) is 0 Å². The van der Waals surface area contributed by atoms with Gasteiger partial charge in [0, 0.05) is 18.2 Å². The van der Waals surface area contributed by atoms with E-state index in [-0.39, 0.29) is 18.2 Å². The summed E-state index contributed by atoms with van der Waals surface area (Å²) in [6.07, 6.45) is 0. The van der Waals surface area contributed by atoms with Gasteiger partial charge < -0.3 is 9.47 Å². The van der Waals surface area contributed by atoms with Crippen LogP contribution in [0.1, 0.15) is 27.6 Å². The molecule has 116 valence electrons. The first kappa shape index (κ1) is 17.6. The van der Waals surface area contributed by atoms with Crippen molar-refractivity contribution in [1.29, 1.82) is 0 Å². The van der Waals surface area contributed by atoms with E-state index in [1.807, 2.05) is 18.2 Å². The van der Waals surface area contributed by atoms with Gasteiger partial charge in [0.15, 0.2) is 11.6 Å². The molecule has 4 nitrogen and oxygen atoms in total. The number of benzene rings is 2. The molecule has 4 heteroatoms. The van der Waals surface area contributed by atoms with E-state index in [1.165, 1.54) is 7.11 Å². The molecule has 2 aromatic rings. The van der Waals surface area contributed by atoms with E-state index in [0.717, 1.165) is 5.75 Å². The van der Waals surface area contributed by atoms with Gasteiger partial charge in [0.1, 0.15) is 12.4 Å². The Hall–Kier alpha value is -2.46. The molecule has 0 aliphatic carbocycles. The normalized spacial score (nSPS) is 9.41. The molecule has 0 fully saturated rings. The maximum Gasteiger partial charge on any atom is 0.188 e. The highest BCUT2D eigenvalue weighted by Gasteiger charge is 2.01. The van der Waals surface area contributed by atoms with Crippen LogP contribution in [0.25, 0.3) is 0 Å². The van der Waals surface area contributed by atoms with Gasteiger partial charge >= 0.3 is 0 Å². The Bertz CT molecular complexity index is 588. The van der Waals surface area contributed by atoms with Crippen molar-refractivity contribution in [3.63, 3.8) is 0 Å². The van der Waals surface area contributed by atoms with Crippen LogP contribution in [0.15, 0.2) is 54.6 Å². The molecule has 0 aliphatic heterocycles. The molecule has 0 saturated carbocycles. The van der Waals surface area contributed by atoms with Crippen molar-refractivity contribution in [2.75, 3.05) is 20.8 Å². The molecule has 0 radical (unpaired) electrons. The first-order chi connectivity index (χ1) is 10.6. The summed E-state index contributed by atoms with van der Waals surface area (Å²) in [6.45, 7) is 1.70. The van der Waals surface area contributed by atoms with Crippen molar-refractivity contribution in [3.8, 4) is 5.75 Å². The summed E-state index contributed by atoms with van der Waals surface area (Å²) in [5.41, 5.74) is 1.42. The molecular weight excluding hydrogens is 280 g/mol. The molecule has 22 heavy (non-hydrogen) atoms. The van der Waals surface area contributed by atoms with Crippen LogP contribution in [-0.2, 0) is 4.74 Å². The fourth-order valence-corrected chi connectivity index (χ4v) is 1.66. The van der Waals surface area contributed by atoms with Crippen molar-refractivity contribution in [3.05, 3.63) is 65.7 Å². The van der Waals surface area contributed by atoms with Gasteiger partial charge in [-0.2, -0.15) is 0 Å². The van der Waals surface area contributed by atoms with Crippen LogP contribution in [0.3, 0.4) is 0 Å².